The third kappa shape index (κ3) is 8.45. The largest absolute Gasteiger partial charge is 0.326 e. The Labute approximate surface area is 165 Å². The second kappa shape index (κ2) is 11.5. The van der Waals surface area contributed by atoms with Crippen LogP contribution < -0.4 is 0 Å². The number of hydrogen-bond donors (Lipinski definition) is 1. The van der Waals surface area contributed by atoms with Gasteiger partial charge in [0.25, 0.3) is 0 Å². The normalized spacial score (nSPS) is 21.4. The van der Waals surface area contributed by atoms with Gasteiger partial charge in [-0.1, -0.05) is 95.6 Å². The predicted molar refractivity (Wildman–Crippen MR) is 104 cm³/mol. The molecule has 0 fully saturated rings. The summed E-state index contributed by atoms with van der Waals surface area (Å²) in [6.07, 6.45) is 1.23. The molecule has 3 nitrogen and oxygen atoms in total. The maximum absolute atomic E-state index is 11.2. The Balaban J connectivity index is 5.23. The van der Waals surface area contributed by atoms with Gasteiger partial charge < -0.3 is 9.42 Å². The lowest BCUT2D eigenvalue weighted by molar-refractivity contribution is 0.0544. The van der Waals surface area contributed by atoms with E-state index in [9.17, 15) is 9.46 Å². The van der Waals surface area contributed by atoms with Crippen molar-refractivity contribution in [2.45, 2.75) is 32.9 Å². The van der Waals surface area contributed by atoms with Gasteiger partial charge in [0.1, 0.15) is 0 Å². The van der Waals surface area contributed by atoms with Crippen molar-refractivity contribution >= 4 is 104 Å². The third-order valence-corrected chi connectivity index (χ3v) is 10.3. The van der Waals surface area contributed by atoms with E-state index in [0.29, 0.717) is 18.2 Å². The van der Waals surface area contributed by atoms with Gasteiger partial charge >= 0.3 is 8.25 Å². The summed E-state index contributed by atoms with van der Waals surface area (Å²) in [6.45, 7) is 0. The first-order valence-corrected chi connectivity index (χ1v) is 12.7. The van der Waals surface area contributed by atoms with E-state index in [4.69, 9.17) is 4.52 Å². The molecule has 116 valence electrons. The SMILES string of the molecule is O=[PH](O)OC(CC(Br)CBr)(CC(Br)CBr)C(Br)CBr. The molecule has 0 aliphatic rings. The Bertz CT molecular complexity index is 271. The molecule has 0 saturated heterocycles. The third-order valence-electron chi connectivity index (χ3n) is 2.47. The smallest absolute Gasteiger partial charge is 0.317 e. The van der Waals surface area contributed by atoms with E-state index in [1.807, 2.05) is 0 Å². The topological polar surface area (TPSA) is 46.5 Å². The Morgan fingerprint density at radius 3 is 1.68 bits per heavy atom. The molecule has 10 heteroatoms. The summed E-state index contributed by atoms with van der Waals surface area (Å²) in [5, 5.41) is 2.12. The Morgan fingerprint density at radius 2 is 1.42 bits per heavy atom. The van der Waals surface area contributed by atoms with E-state index in [-0.39, 0.29) is 14.5 Å². The number of hydrogen-bond acceptors (Lipinski definition) is 2. The van der Waals surface area contributed by atoms with Crippen molar-refractivity contribution in [3.05, 3.63) is 0 Å². The first-order valence-electron chi connectivity index (χ1n) is 5.33. The predicted octanol–water partition coefficient (Wildman–Crippen LogP) is 5.38. The molecule has 0 saturated carbocycles. The van der Waals surface area contributed by atoms with Crippen molar-refractivity contribution in [2.75, 3.05) is 16.0 Å². The Morgan fingerprint density at radius 1 is 1.00 bits per heavy atom. The number of alkyl halides is 6. The van der Waals surface area contributed by atoms with E-state index in [0.717, 1.165) is 10.7 Å². The second-order valence-corrected chi connectivity index (χ2v) is 10.3. The summed E-state index contributed by atoms with van der Waals surface area (Å²) in [7, 11) is -3.02. The zero-order valence-electron chi connectivity index (χ0n) is 9.80. The van der Waals surface area contributed by atoms with E-state index >= 15 is 0 Å². The lowest BCUT2D eigenvalue weighted by atomic mass is 9.90. The first-order chi connectivity index (χ1) is 8.81. The van der Waals surface area contributed by atoms with Gasteiger partial charge in [-0.25, -0.2) is 0 Å². The quantitative estimate of drug-likeness (QED) is 0.249. The van der Waals surface area contributed by atoms with Crippen LogP contribution in [0.15, 0.2) is 0 Å². The van der Waals surface area contributed by atoms with Crippen LogP contribution in [0.4, 0.5) is 0 Å². The van der Waals surface area contributed by atoms with Crippen LogP contribution in [-0.2, 0) is 9.09 Å². The Hall–Kier alpha value is 3.03. The van der Waals surface area contributed by atoms with Crippen molar-refractivity contribution in [3.8, 4) is 0 Å². The van der Waals surface area contributed by atoms with E-state index in [1.54, 1.807) is 0 Å². The van der Waals surface area contributed by atoms with Crippen LogP contribution in [0.3, 0.4) is 0 Å². The molecule has 0 spiro atoms. The maximum atomic E-state index is 11.2. The van der Waals surface area contributed by atoms with Crippen molar-refractivity contribution in [1.29, 1.82) is 0 Å². The molecule has 0 aromatic heterocycles. The van der Waals surface area contributed by atoms with Gasteiger partial charge in [-0.3, -0.25) is 4.57 Å². The van der Waals surface area contributed by atoms with Crippen molar-refractivity contribution in [1.82, 2.24) is 0 Å². The lowest BCUT2D eigenvalue weighted by Crippen LogP contribution is -2.45. The summed E-state index contributed by atoms with van der Waals surface area (Å²) in [4.78, 5) is 9.48. The van der Waals surface area contributed by atoms with Gasteiger partial charge in [-0.05, 0) is 12.8 Å². The van der Waals surface area contributed by atoms with Crippen molar-refractivity contribution < 1.29 is 14.0 Å². The summed E-state index contributed by atoms with van der Waals surface area (Å²) in [6, 6.07) is 0. The number of halogens is 6. The van der Waals surface area contributed by atoms with Crippen LogP contribution in [0.1, 0.15) is 12.8 Å². The summed E-state index contributed by atoms with van der Waals surface area (Å²) >= 11 is 20.9. The highest BCUT2D eigenvalue weighted by Gasteiger charge is 2.42. The molecule has 0 aliphatic carbocycles. The summed E-state index contributed by atoms with van der Waals surface area (Å²) in [5.74, 6) is 0. The molecule has 0 bridgehead atoms. The molecular weight excluding hydrogens is 666 g/mol. The fourth-order valence-electron chi connectivity index (χ4n) is 1.66. The molecule has 0 radical (unpaired) electrons. The van der Waals surface area contributed by atoms with Crippen LogP contribution in [-0.4, -0.2) is 41.0 Å². The standard InChI is InChI=1S/C9H15Br6O3P/c10-3-6(13)1-9(8(15)5-12,18-19(16)17)2-7(14)4-11/h6-8,19H,1-5H2,(H,16,17). The molecule has 0 amide bonds. The van der Waals surface area contributed by atoms with E-state index in [1.165, 1.54) is 0 Å². The Kier molecular flexibility index (Phi) is 13.4. The van der Waals surface area contributed by atoms with Gasteiger partial charge in [0.15, 0.2) is 0 Å². The van der Waals surface area contributed by atoms with Crippen molar-refractivity contribution in [2.24, 2.45) is 0 Å². The van der Waals surface area contributed by atoms with Gasteiger partial charge in [0, 0.05) is 25.6 Å². The van der Waals surface area contributed by atoms with Gasteiger partial charge in [-0.2, -0.15) is 0 Å². The highest BCUT2D eigenvalue weighted by molar-refractivity contribution is 9.12. The average molecular weight is 682 g/mol. The van der Waals surface area contributed by atoms with Crippen LogP contribution in [0.2, 0.25) is 0 Å². The fraction of sp³-hybridized carbons (Fsp3) is 1.00. The van der Waals surface area contributed by atoms with Crippen LogP contribution in [0, 0.1) is 0 Å². The summed E-state index contributed by atoms with van der Waals surface area (Å²) in [5.41, 5.74) is -0.724. The molecule has 4 atom stereocenters. The van der Waals surface area contributed by atoms with Crippen LogP contribution >= 0.6 is 104 Å². The molecule has 1 N–H and O–H groups in total. The minimum Gasteiger partial charge on any atom is -0.326 e. The first kappa shape index (κ1) is 22.0. The lowest BCUT2D eigenvalue weighted by Gasteiger charge is -2.38. The highest BCUT2D eigenvalue weighted by atomic mass is 79.9. The molecule has 0 aromatic rings. The minimum atomic E-state index is -3.02. The molecule has 0 aliphatic heterocycles. The van der Waals surface area contributed by atoms with Crippen LogP contribution in [0.25, 0.3) is 0 Å². The highest BCUT2D eigenvalue weighted by Crippen LogP contribution is 2.42. The fourth-order valence-corrected chi connectivity index (χ4v) is 5.10. The molecule has 0 heterocycles. The second-order valence-electron chi connectivity index (χ2n) is 3.97. The maximum Gasteiger partial charge on any atom is 0.317 e. The molecule has 0 rings (SSSR count). The molecule has 19 heavy (non-hydrogen) atoms. The monoisotopic (exact) mass is 676 g/mol. The van der Waals surface area contributed by atoms with Gasteiger partial charge in [-0.15, -0.1) is 0 Å². The van der Waals surface area contributed by atoms with Gasteiger partial charge in [0.2, 0.25) is 0 Å². The van der Waals surface area contributed by atoms with E-state index < -0.39 is 13.9 Å². The number of rotatable bonds is 10. The van der Waals surface area contributed by atoms with E-state index in [2.05, 4.69) is 95.6 Å². The molecule has 4 unspecified atom stereocenters. The van der Waals surface area contributed by atoms with Gasteiger partial charge in [0.05, 0.1) is 10.4 Å². The molecule has 0 aromatic carbocycles. The summed E-state index contributed by atoms with van der Waals surface area (Å²) < 4.78 is 16.7. The average Bonchev–Trinajstić information content (AvgIpc) is 2.36. The minimum absolute atomic E-state index is 0.0701. The zero-order valence-corrected chi connectivity index (χ0v) is 20.3. The van der Waals surface area contributed by atoms with Crippen LogP contribution in [0.5, 0.6) is 0 Å². The molecular formula is C9H15Br6O3P. The zero-order chi connectivity index (χ0) is 15.1. The van der Waals surface area contributed by atoms with Crippen molar-refractivity contribution in [3.63, 3.8) is 0 Å².